The van der Waals surface area contributed by atoms with Crippen molar-refractivity contribution in [2.75, 3.05) is 11.1 Å². The minimum Gasteiger partial charge on any atom is -0.459 e. The molecule has 3 aromatic rings. The number of rotatable bonds is 6. The highest BCUT2D eigenvalue weighted by atomic mass is 32.2. The van der Waals surface area contributed by atoms with E-state index in [1.54, 1.807) is 30.3 Å². The Morgan fingerprint density at radius 1 is 1.18 bits per heavy atom. The Labute approximate surface area is 162 Å². The van der Waals surface area contributed by atoms with Gasteiger partial charge in [0, 0.05) is 12.6 Å². The SMILES string of the molecule is CC(=O)Nc1cccc(-n2nnnc2SCC(=O)NNC(=O)c2ccco2)c1. The Balaban J connectivity index is 1.58. The van der Waals surface area contributed by atoms with Gasteiger partial charge >= 0.3 is 5.91 Å². The van der Waals surface area contributed by atoms with Gasteiger partial charge in [0.1, 0.15) is 0 Å². The average molecular weight is 401 g/mol. The van der Waals surface area contributed by atoms with Crippen LogP contribution in [0.25, 0.3) is 5.69 Å². The first-order valence-corrected chi connectivity index (χ1v) is 8.93. The lowest BCUT2D eigenvalue weighted by Gasteiger charge is -2.08. The van der Waals surface area contributed by atoms with Crippen LogP contribution >= 0.6 is 11.8 Å². The van der Waals surface area contributed by atoms with Gasteiger partial charge in [0.25, 0.3) is 0 Å². The van der Waals surface area contributed by atoms with Crippen molar-refractivity contribution in [3.05, 3.63) is 48.4 Å². The van der Waals surface area contributed by atoms with Crippen molar-refractivity contribution in [3.63, 3.8) is 0 Å². The number of benzene rings is 1. The standard InChI is InChI=1S/C16H15N7O4S/c1-10(24)17-11-4-2-5-12(8-11)23-16(20-21-22-23)28-9-14(25)18-19-15(26)13-6-3-7-27-13/h2-8H,9H2,1H3,(H,17,24)(H,18,25)(H,19,26). The zero-order chi connectivity index (χ0) is 19.9. The second-order valence-corrected chi connectivity index (χ2v) is 6.32. The fourth-order valence-corrected chi connectivity index (χ4v) is 2.80. The summed E-state index contributed by atoms with van der Waals surface area (Å²) in [5.41, 5.74) is 5.73. The summed E-state index contributed by atoms with van der Waals surface area (Å²) in [7, 11) is 0. The summed E-state index contributed by atoms with van der Waals surface area (Å²) in [6, 6.07) is 9.97. The van der Waals surface area contributed by atoms with Gasteiger partial charge in [-0.3, -0.25) is 25.2 Å². The number of thioether (sulfide) groups is 1. The number of carbonyl (C=O) groups excluding carboxylic acids is 3. The van der Waals surface area contributed by atoms with Crippen LogP contribution in [0.4, 0.5) is 5.69 Å². The van der Waals surface area contributed by atoms with Gasteiger partial charge < -0.3 is 9.73 Å². The molecule has 0 bridgehead atoms. The van der Waals surface area contributed by atoms with Gasteiger partial charge in [0.2, 0.25) is 17.0 Å². The summed E-state index contributed by atoms with van der Waals surface area (Å²) >= 11 is 1.08. The first-order chi connectivity index (χ1) is 13.5. The molecule has 28 heavy (non-hydrogen) atoms. The molecule has 3 amide bonds. The highest BCUT2D eigenvalue weighted by molar-refractivity contribution is 7.99. The average Bonchev–Trinajstić information content (AvgIpc) is 3.35. The molecule has 0 saturated heterocycles. The number of hydrazine groups is 1. The molecule has 0 saturated carbocycles. The van der Waals surface area contributed by atoms with Gasteiger partial charge in [0.15, 0.2) is 5.76 Å². The molecule has 0 aliphatic rings. The van der Waals surface area contributed by atoms with E-state index in [1.807, 2.05) is 0 Å². The number of nitrogens with one attached hydrogen (secondary N) is 3. The van der Waals surface area contributed by atoms with E-state index in [1.165, 1.54) is 23.9 Å². The van der Waals surface area contributed by atoms with Crippen LogP contribution in [0, 0.1) is 0 Å². The van der Waals surface area contributed by atoms with E-state index in [0.29, 0.717) is 16.5 Å². The molecule has 2 aromatic heterocycles. The van der Waals surface area contributed by atoms with Crippen molar-refractivity contribution in [1.29, 1.82) is 0 Å². The number of tetrazole rings is 1. The molecule has 3 N–H and O–H groups in total. The summed E-state index contributed by atoms with van der Waals surface area (Å²) < 4.78 is 6.36. The largest absolute Gasteiger partial charge is 0.459 e. The molecule has 0 atom stereocenters. The molecular weight excluding hydrogens is 386 g/mol. The fraction of sp³-hybridized carbons (Fsp3) is 0.125. The second kappa shape index (κ2) is 8.81. The smallest absolute Gasteiger partial charge is 0.305 e. The number of anilines is 1. The molecule has 144 valence electrons. The molecular formula is C16H15N7O4S. The molecule has 1 aromatic carbocycles. The van der Waals surface area contributed by atoms with Crippen LogP contribution in [-0.2, 0) is 9.59 Å². The molecule has 0 fully saturated rings. The Morgan fingerprint density at radius 2 is 2.04 bits per heavy atom. The number of furan rings is 1. The normalized spacial score (nSPS) is 10.3. The van der Waals surface area contributed by atoms with Crippen LogP contribution in [0.15, 0.2) is 52.2 Å². The zero-order valence-corrected chi connectivity index (χ0v) is 15.4. The van der Waals surface area contributed by atoms with E-state index in [0.717, 1.165) is 11.8 Å². The monoisotopic (exact) mass is 401 g/mol. The molecule has 11 nitrogen and oxygen atoms in total. The number of carbonyl (C=O) groups is 3. The summed E-state index contributed by atoms with van der Waals surface area (Å²) in [5.74, 6) is -1.17. The van der Waals surface area contributed by atoms with E-state index in [-0.39, 0.29) is 17.4 Å². The van der Waals surface area contributed by atoms with E-state index in [9.17, 15) is 14.4 Å². The molecule has 0 spiro atoms. The van der Waals surface area contributed by atoms with Crippen molar-refractivity contribution in [2.24, 2.45) is 0 Å². The first-order valence-electron chi connectivity index (χ1n) is 7.95. The number of aromatic nitrogens is 4. The minimum absolute atomic E-state index is 0.0375. The van der Waals surface area contributed by atoms with Crippen molar-refractivity contribution in [3.8, 4) is 5.69 Å². The highest BCUT2D eigenvalue weighted by Gasteiger charge is 2.14. The molecule has 0 aliphatic heterocycles. The lowest BCUT2D eigenvalue weighted by molar-refractivity contribution is -0.119. The maximum atomic E-state index is 11.9. The number of hydrogen-bond donors (Lipinski definition) is 3. The fourth-order valence-electron chi connectivity index (χ4n) is 2.11. The Hall–Kier alpha value is -3.67. The van der Waals surface area contributed by atoms with Crippen molar-refractivity contribution in [2.45, 2.75) is 12.1 Å². The van der Waals surface area contributed by atoms with Crippen LogP contribution < -0.4 is 16.2 Å². The summed E-state index contributed by atoms with van der Waals surface area (Å²) in [5, 5.41) is 14.4. The number of amides is 3. The third-order valence-electron chi connectivity index (χ3n) is 3.24. The summed E-state index contributed by atoms with van der Waals surface area (Å²) in [4.78, 5) is 34.8. The third kappa shape index (κ3) is 4.94. The second-order valence-electron chi connectivity index (χ2n) is 5.37. The Bertz CT molecular complexity index is 987. The van der Waals surface area contributed by atoms with Gasteiger partial charge in [0.05, 0.1) is 17.7 Å². The molecule has 0 unspecified atom stereocenters. The predicted octanol–water partition coefficient (Wildman–Crippen LogP) is 0.767. The van der Waals surface area contributed by atoms with Gasteiger partial charge in [-0.15, -0.1) is 5.10 Å². The van der Waals surface area contributed by atoms with E-state index in [4.69, 9.17) is 4.42 Å². The van der Waals surface area contributed by atoms with Crippen molar-refractivity contribution in [1.82, 2.24) is 31.1 Å². The number of nitrogens with zero attached hydrogens (tertiary/aromatic N) is 4. The lowest BCUT2D eigenvalue weighted by atomic mass is 10.3. The zero-order valence-electron chi connectivity index (χ0n) is 14.6. The first kappa shape index (κ1) is 19.1. The molecule has 0 radical (unpaired) electrons. The van der Waals surface area contributed by atoms with Crippen molar-refractivity contribution < 1.29 is 18.8 Å². The van der Waals surface area contributed by atoms with Crippen molar-refractivity contribution >= 4 is 35.2 Å². The minimum atomic E-state index is -0.567. The van der Waals surface area contributed by atoms with Crippen LogP contribution in [0.3, 0.4) is 0 Å². The van der Waals surface area contributed by atoms with E-state index >= 15 is 0 Å². The Morgan fingerprint density at radius 3 is 2.79 bits per heavy atom. The highest BCUT2D eigenvalue weighted by Crippen LogP contribution is 2.20. The van der Waals surface area contributed by atoms with Crippen LogP contribution in [0.2, 0.25) is 0 Å². The molecule has 3 rings (SSSR count). The van der Waals surface area contributed by atoms with Crippen LogP contribution in [-0.4, -0.2) is 43.7 Å². The Kier molecular flexibility index (Phi) is 6.01. The van der Waals surface area contributed by atoms with Crippen LogP contribution in [0.5, 0.6) is 0 Å². The molecule has 0 aliphatic carbocycles. The van der Waals surface area contributed by atoms with Gasteiger partial charge in [-0.25, -0.2) is 0 Å². The van der Waals surface area contributed by atoms with Gasteiger partial charge in [-0.05, 0) is 40.8 Å². The predicted molar refractivity (Wildman–Crippen MR) is 98.5 cm³/mol. The quantitative estimate of drug-likeness (QED) is 0.406. The van der Waals surface area contributed by atoms with Gasteiger partial charge in [-0.1, -0.05) is 17.8 Å². The third-order valence-corrected chi connectivity index (χ3v) is 4.16. The molecule has 12 heteroatoms. The summed E-state index contributed by atoms with van der Waals surface area (Å²) in [6.07, 6.45) is 1.35. The van der Waals surface area contributed by atoms with Crippen LogP contribution in [0.1, 0.15) is 17.5 Å². The van der Waals surface area contributed by atoms with Gasteiger partial charge in [-0.2, -0.15) is 4.68 Å². The summed E-state index contributed by atoms with van der Waals surface area (Å²) in [6.45, 7) is 1.41. The number of hydrogen-bond acceptors (Lipinski definition) is 8. The maximum Gasteiger partial charge on any atom is 0.305 e. The van der Waals surface area contributed by atoms with E-state index < -0.39 is 11.8 Å². The molecule has 2 heterocycles. The lowest BCUT2D eigenvalue weighted by Crippen LogP contribution is -2.42. The van der Waals surface area contributed by atoms with E-state index in [2.05, 4.69) is 31.7 Å². The topological polar surface area (TPSA) is 144 Å². The maximum absolute atomic E-state index is 11.9.